The van der Waals surface area contributed by atoms with E-state index in [1.165, 1.54) is 12.1 Å². The van der Waals surface area contributed by atoms with E-state index in [1.54, 1.807) is 11.0 Å². The summed E-state index contributed by atoms with van der Waals surface area (Å²) < 4.78 is 13.5. The Morgan fingerprint density at radius 1 is 1.24 bits per heavy atom. The first-order valence-corrected chi connectivity index (χ1v) is 6.91. The molecule has 0 heterocycles. The summed E-state index contributed by atoms with van der Waals surface area (Å²) >= 11 is 0. The molecule has 2 aromatic carbocycles. The Morgan fingerprint density at radius 2 is 1.95 bits per heavy atom. The predicted octanol–water partition coefficient (Wildman–Crippen LogP) is 3.38. The summed E-state index contributed by atoms with van der Waals surface area (Å²) in [4.78, 5) is 14.2. The number of hydrogen-bond donors (Lipinski definition) is 1. The van der Waals surface area contributed by atoms with Gasteiger partial charge in [0, 0.05) is 18.7 Å². The van der Waals surface area contributed by atoms with Gasteiger partial charge < -0.3 is 10.6 Å². The largest absolute Gasteiger partial charge is 0.396 e. The van der Waals surface area contributed by atoms with Crippen molar-refractivity contribution in [2.45, 2.75) is 20.4 Å². The second-order valence-electron chi connectivity index (χ2n) is 4.98. The molecule has 4 heteroatoms. The lowest BCUT2D eigenvalue weighted by atomic mass is 10.1. The van der Waals surface area contributed by atoms with Crippen LogP contribution in [0.2, 0.25) is 0 Å². The number of nitrogens with zero attached hydrogens (tertiary/aromatic N) is 1. The van der Waals surface area contributed by atoms with E-state index in [4.69, 9.17) is 5.73 Å². The SMILES string of the molecule is CCN(Cc1ccccc1C)C(=O)c1ccc(N)c(F)c1. The molecule has 110 valence electrons. The molecule has 0 spiro atoms. The number of amides is 1. The van der Waals surface area contributed by atoms with Gasteiger partial charge in [0.1, 0.15) is 5.82 Å². The maximum Gasteiger partial charge on any atom is 0.254 e. The number of carbonyl (C=O) groups is 1. The van der Waals surface area contributed by atoms with Gasteiger partial charge in [-0.15, -0.1) is 0 Å². The van der Waals surface area contributed by atoms with E-state index in [2.05, 4.69) is 0 Å². The number of hydrogen-bond acceptors (Lipinski definition) is 2. The Hall–Kier alpha value is -2.36. The van der Waals surface area contributed by atoms with Crippen LogP contribution in [-0.4, -0.2) is 17.4 Å². The topological polar surface area (TPSA) is 46.3 Å². The van der Waals surface area contributed by atoms with Crippen molar-refractivity contribution in [1.29, 1.82) is 0 Å². The molecule has 2 aromatic rings. The van der Waals surface area contributed by atoms with Crippen LogP contribution in [0.25, 0.3) is 0 Å². The summed E-state index contributed by atoms with van der Waals surface area (Å²) in [5.41, 5.74) is 8.03. The van der Waals surface area contributed by atoms with E-state index in [-0.39, 0.29) is 11.6 Å². The Labute approximate surface area is 124 Å². The summed E-state index contributed by atoms with van der Waals surface area (Å²) in [7, 11) is 0. The molecule has 0 unspecified atom stereocenters. The fraction of sp³-hybridized carbons (Fsp3) is 0.235. The van der Waals surface area contributed by atoms with Gasteiger partial charge in [0.15, 0.2) is 0 Å². The number of benzene rings is 2. The molecule has 0 aliphatic rings. The second-order valence-corrected chi connectivity index (χ2v) is 4.98. The molecule has 0 saturated carbocycles. The molecule has 0 radical (unpaired) electrons. The molecule has 1 amide bonds. The van der Waals surface area contributed by atoms with Crippen LogP contribution in [0.15, 0.2) is 42.5 Å². The van der Waals surface area contributed by atoms with Crippen molar-refractivity contribution < 1.29 is 9.18 Å². The fourth-order valence-corrected chi connectivity index (χ4v) is 2.16. The van der Waals surface area contributed by atoms with Gasteiger partial charge in [-0.05, 0) is 43.2 Å². The van der Waals surface area contributed by atoms with Crippen molar-refractivity contribution in [2.75, 3.05) is 12.3 Å². The number of anilines is 1. The lowest BCUT2D eigenvalue weighted by Gasteiger charge is -2.22. The van der Waals surface area contributed by atoms with Crippen molar-refractivity contribution in [3.8, 4) is 0 Å². The predicted molar refractivity (Wildman–Crippen MR) is 82.4 cm³/mol. The van der Waals surface area contributed by atoms with Crippen LogP contribution in [0, 0.1) is 12.7 Å². The Balaban J connectivity index is 2.22. The lowest BCUT2D eigenvalue weighted by Crippen LogP contribution is -2.30. The first-order valence-electron chi connectivity index (χ1n) is 6.91. The minimum atomic E-state index is -0.562. The van der Waals surface area contributed by atoms with E-state index < -0.39 is 5.82 Å². The van der Waals surface area contributed by atoms with Gasteiger partial charge in [-0.25, -0.2) is 4.39 Å². The van der Waals surface area contributed by atoms with Crippen LogP contribution in [-0.2, 0) is 6.54 Å². The van der Waals surface area contributed by atoms with Crippen LogP contribution < -0.4 is 5.73 Å². The molecule has 0 bridgehead atoms. The lowest BCUT2D eigenvalue weighted by molar-refractivity contribution is 0.0752. The zero-order chi connectivity index (χ0) is 15.4. The Morgan fingerprint density at radius 3 is 2.57 bits per heavy atom. The number of rotatable bonds is 4. The minimum Gasteiger partial charge on any atom is -0.396 e. The summed E-state index contributed by atoms with van der Waals surface area (Å²) in [5, 5.41) is 0. The molecule has 0 aromatic heterocycles. The summed E-state index contributed by atoms with van der Waals surface area (Å²) in [6, 6.07) is 12.1. The van der Waals surface area contributed by atoms with E-state index in [0.717, 1.165) is 11.1 Å². The second kappa shape index (κ2) is 6.39. The van der Waals surface area contributed by atoms with Crippen molar-refractivity contribution in [3.05, 3.63) is 65.0 Å². The van der Waals surface area contributed by atoms with Crippen molar-refractivity contribution in [2.24, 2.45) is 0 Å². The Bertz CT molecular complexity index is 655. The standard InChI is InChI=1S/C17H19FN2O/c1-3-20(11-14-7-5-4-6-12(14)2)17(21)13-8-9-16(19)15(18)10-13/h4-10H,3,11,19H2,1-2H3. The Kier molecular flexibility index (Phi) is 4.58. The number of halogens is 1. The van der Waals surface area contributed by atoms with Crippen molar-refractivity contribution >= 4 is 11.6 Å². The van der Waals surface area contributed by atoms with Crippen LogP contribution in [0.4, 0.5) is 10.1 Å². The molecular weight excluding hydrogens is 267 g/mol. The van der Waals surface area contributed by atoms with Gasteiger partial charge in [0.2, 0.25) is 0 Å². The highest BCUT2D eigenvalue weighted by atomic mass is 19.1. The van der Waals surface area contributed by atoms with E-state index >= 15 is 0 Å². The first kappa shape index (κ1) is 15.0. The highest BCUT2D eigenvalue weighted by molar-refractivity contribution is 5.94. The third-order valence-corrected chi connectivity index (χ3v) is 3.54. The van der Waals surface area contributed by atoms with E-state index in [9.17, 15) is 9.18 Å². The zero-order valence-electron chi connectivity index (χ0n) is 12.3. The fourth-order valence-electron chi connectivity index (χ4n) is 2.16. The van der Waals surface area contributed by atoms with E-state index in [0.29, 0.717) is 18.7 Å². The third kappa shape index (κ3) is 3.40. The zero-order valence-corrected chi connectivity index (χ0v) is 12.3. The molecule has 0 aliphatic carbocycles. The van der Waals surface area contributed by atoms with Crippen molar-refractivity contribution in [3.63, 3.8) is 0 Å². The molecule has 0 saturated heterocycles. The first-order chi connectivity index (χ1) is 10.0. The van der Waals surface area contributed by atoms with Gasteiger partial charge >= 0.3 is 0 Å². The minimum absolute atomic E-state index is 0.0495. The number of nitrogen functional groups attached to an aromatic ring is 1. The van der Waals surface area contributed by atoms with Gasteiger partial charge in [-0.3, -0.25) is 4.79 Å². The van der Waals surface area contributed by atoms with Crippen LogP contribution >= 0.6 is 0 Å². The van der Waals surface area contributed by atoms with E-state index in [1.807, 2.05) is 38.1 Å². The molecule has 2 rings (SSSR count). The highest BCUT2D eigenvalue weighted by Crippen LogP contribution is 2.16. The monoisotopic (exact) mass is 286 g/mol. The molecule has 2 N–H and O–H groups in total. The number of nitrogens with two attached hydrogens (primary N) is 1. The quantitative estimate of drug-likeness (QED) is 0.876. The van der Waals surface area contributed by atoms with Gasteiger partial charge in [-0.2, -0.15) is 0 Å². The van der Waals surface area contributed by atoms with Crippen LogP contribution in [0.1, 0.15) is 28.4 Å². The third-order valence-electron chi connectivity index (χ3n) is 3.54. The van der Waals surface area contributed by atoms with Crippen LogP contribution in [0.5, 0.6) is 0 Å². The molecule has 0 aliphatic heterocycles. The summed E-state index contributed by atoms with van der Waals surface area (Å²) in [5.74, 6) is -0.757. The van der Waals surface area contributed by atoms with Gasteiger partial charge in [0.25, 0.3) is 5.91 Å². The average Bonchev–Trinajstić information content (AvgIpc) is 2.48. The number of aryl methyl sites for hydroxylation is 1. The molecule has 21 heavy (non-hydrogen) atoms. The molecule has 3 nitrogen and oxygen atoms in total. The molecule has 0 fully saturated rings. The smallest absolute Gasteiger partial charge is 0.254 e. The molecule has 0 atom stereocenters. The summed E-state index contributed by atoms with van der Waals surface area (Å²) in [6.45, 7) is 4.98. The highest BCUT2D eigenvalue weighted by Gasteiger charge is 2.16. The maximum absolute atomic E-state index is 13.5. The average molecular weight is 286 g/mol. The van der Waals surface area contributed by atoms with Crippen molar-refractivity contribution in [1.82, 2.24) is 4.90 Å². The number of carbonyl (C=O) groups excluding carboxylic acids is 1. The van der Waals surface area contributed by atoms with Gasteiger partial charge in [-0.1, -0.05) is 24.3 Å². The molecular formula is C17H19FN2O. The maximum atomic E-state index is 13.5. The van der Waals surface area contributed by atoms with Gasteiger partial charge in [0.05, 0.1) is 5.69 Å². The van der Waals surface area contributed by atoms with Crippen LogP contribution in [0.3, 0.4) is 0 Å². The summed E-state index contributed by atoms with van der Waals surface area (Å²) in [6.07, 6.45) is 0. The normalized spacial score (nSPS) is 10.4.